The molecule has 1 amide bonds. The number of benzene rings is 2. The lowest BCUT2D eigenvalue weighted by Gasteiger charge is -2.34. The van der Waals surface area contributed by atoms with Gasteiger partial charge in [0.25, 0.3) is 5.91 Å². The van der Waals surface area contributed by atoms with Gasteiger partial charge in [-0.3, -0.25) is 9.36 Å². The van der Waals surface area contributed by atoms with Gasteiger partial charge in [-0.15, -0.1) is 0 Å². The van der Waals surface area contributed by atoms with Crippen molar-refractivity contribution in [1.82, 2.24) is 14.5 Å². The van der Waals surface area contributed by atoms with E-state index in [1.54, 1.807) is 0 Å². The van der Waals surface area contributed by atoms with Gasteiger partial charge in [-0.25, -0.2) is 4.98 Å². The lowest BCUT2D eigenvalue weighted by molar-refractivity contribution is 0.102. The van der Waals surface area contributed by atoms with Crippen molar-refractivity contribution in [1.29, 1.82) is 0 Å². The zero-order valence-electron chi connectivity index (χ0n) is 15.8. The van der Waals surface area contributed by atoms with Gasteiger partial charge in [-0.2, -0.15) is 0 Å². The van der Waals surface area contributed by atoms with Crippen LogP contribution in [0.4, 0.5) is 5.69 Å². The van der Waals surface area contributed by atoms with Crippen LogP contribution in [-0.4, -0.2) is 39.5 Å². The van der Waals surface area contributed by atoms with Crippen molar-refractivity contribution in [2.75, 3.05) is 18.4 Å². The Morgan fingerprint density at radius 2 is 1.85 bits per heavy atom. The van der Waals surface area contributed by atoms with Gasteiger partial charge >= 0.3 is 0 Å². The summed E-state index contributed by atoms with van der Waals surface area (Å²) in [4.78, 5) is 20.4. The van der Waals surface area contributed by atoms with Crippen LogP contribution in [0.25, 0.3) is 16.7 Å². The van der Waals surface area contributed by atoms with Gasteiger partial charge in [0.1, 0.15) is 5.82 Å². The number of fused-ring (bicyclic) bond motifs is 2. The van der Waals surface area contributed by atoms with E-state index in [9.17, 15) is 4.79 Å². The molecule has 5 rings (SSSR count). The molecule has 2 aliphatic heterocycles. The van der Waals surface area contributed by atoms with E-state index >= 15 is 0 Å². The fourth-order valence-electron chi connectivity index (χ4n) is 4.48. The predicted octanol–water partition coefficient (Wildman–Crippen LogP) is 4.18. The van der Waals surface area contributed by atoms with E-state index < -0.39 is 0 Å². The summed E-state index contributed by atoms with van der Waals surface area (Å²) in [5.41, 5.74) is 4.39. The third-order valence-corrected chi connectivity index (χ3v) is 5.97. The first-order valence-corrected chi connectivity index (χ1v) is 9.79. The smallest absolute Gasteiger partial charge is 0.257 e. The largest absolute Gasteiger partial charge is 0.320 e. The number of aromatic nitrogens is 2. The average Bonchev–Trinajstić information content (AvgIpc) is 3.02. The van der Waals surface area contributed by atoms with Crippen molar-refractivity contribution < 1.29 is 4.79 Å². The van der Waals surface area contributed by atoms with E-state index in [1.807, 2.05) is 36.4 Å². The summed E-state index contributed by atoms with van der Waals surface area (Å²) in [5, 5.41) is 3.07. The summed E-state index contributed by atoms with van der Waals surface area (Å²) in [5.74, 6) is 1.43. The SMILES string of the molecule is CC(C)N1CCC(c2nc3cccc4c3n2-c2ccccc2NC4=O)CC1. The van der Waals surface area contributed by atoms with Crippen LogP contribution in [0.1, 0.15) is 48.8 Å². The maximum absolute atomic E-state index is 12.8. The molecule has 1 aromatic heterocycles. The quantitative estimate of drug-likeness (QED) is 0.746. The highest BCUT2D eigenvalue weighted by molar-refractivity contribution is 6.14. The average molecular weight is 360 g/mol. The van der Waals surface area contributed by atoms with E-state index in [0.717, 1.165) is 54.2 Å². The van der Waals surface area contributed by atoms with Gasteiger partial charge in [0, 0.05) is 12.0 Å². The van der Waals surface area contributed by atoms with Crippen molar-refractivity contribution in [2.24, 2.45) is 0 Å². The molecule has 2 aliphatic rings. The predicted molar refractivity (Wildman–Crippen MR) is 108 cm³/mol. The third-order valence-electron chi connectivity index (χ3n) is 5.97. The Hall–Kier alpha value is -2.66. The Morgan fingerprint density at radius 1 is 1.07 bits per heavy atom. The van der Waals surface area contributed by atoms with Crippen molar-refractivity contribution in [3.8, 4) is 5.69 Å². The molecule has 27 heavy (non-hydrogen) atoms. The van der Waals surface area contributed by atoms with Crippen LogP contribution in [0.5, 0.6) is 0 Å². The summed E-state index contributed by atoms with van der Waals surface area (Å²) in [6.45, 7) is 6.71. The van der Waals surface area contributed by atoms with Gasteiger partial charge in [0.15, 0.2) is 0 Å². The van der Waals surface area contributed by atoms with Crippen LogP contribution in [0.2, 0.25) is 0 Å². The second-order valence-corrected chi connectivity index (χ2v) is 7.85. The van der Waals surface area contributed by atoms with E-state index in [-0.39, 0.29) is 5.91 Å². The molecule has 0 radical (unpaired) electrons. The van der Waals surface area contributed by atoms with E-state index in [0.29, 0.717) is 17.5 Å². The van der Waals surface area contributed by atoms with Crippen LogP contribution >= 0.6 is 0 Å². The van der Waals surface area contributed by atoms with Crippen LogP contribution in [0, 0.1) is 0 Å². The molecule has 3 aromatic rings. The normalized spacial score (nSPS) is 17.8. The summed E-state index contributed by atoms with van der Waals surface area (Å²) in [6.07, 6.45) is 2.20. The van der Waals surface area contributed by atoms with Crippen molar-refractivity contribution in [3.05, 3.63) is 53.9 Å². The van der Waals surface area contributed by atoms with Crippen molar-refractivity contribution in [3.63, 3.8) is 0 Å². The molecule has 1 N–H and O–H groups in total. The standard InChI is InChI=1S/C22H24N4O/c1-14(2)25-12-10-15(11-13-25)21-23-18-8-5-6-16-20(18)26(21)19-9-4-3-7-17(19)24-22(16)27/h3-9,14-15H,10-13H2,1-2H3,(H,24,27). The number of carbonyl (C=O) groups excluding carboxylic acids is 1. The highest BCUT2D eigenvalue weighted by Crippen LogP contribution is 2.37. The molecule has 0 bridgehead atoms. The maximum atomic E-state index is 12.8. The topological polar surface area (TPSA) is 50.2 Å². The first-order chi connectivity index (χ1) is 13.1. The molecule has 0 atom stereocenters. The lowest BCUT2D eigenvalue weighted by atomic mass is 9.95. The molecule has 0 spiro atoms. The molecule has 2 aromatic carbocycles. The Balaban J connectivity index is 1.69. The molecule has 5 nitrogen and oxygen atoms in total. The zero-order valence-corrected chi connectivity index (χ0v) is 15.8. The second-order valence-electron chi connectivity index (χ2n) is 7.85. The molecule has 1 fully saturated rings. The van der Waals surface area contributed by atoms with Gasteiger partial charge in [0.2, 0.25) is 0 Å². The number of imidazole rings is 1. The monoisotopic (exact) mass is 360 g/mol. The van der Waals surface area contributed by atoms with E-state index in [1.165, 1.54) is 0 Å². The van der Waals surface area contributed by atoms with Crippen LogP contribution in [-0.2, 0) is 0 Å². The van der Waals surface area contributed by atoms with Gasteiger partial charge in [0.05, 0.1) is 28.0 Å². The Bertz CT molecular complexity index is 1030. The molecule has 0 saturated carbocycles. The summed E-state index contributed by atoms with van der Waals surface area (Å²) in [6, 6.07) is 14.5. The fourth-order valence-corrected chi connectivity index (χ4v) is 4.48. The van der Waals surface area contributed by atoms with Crippen molar-refractivity contribution >= 4 is 22.6 Å². The van der Waals surface area contributed by atoms with Crippen molar-refractivity contribution in [2.45, 2.75) is 38.6 Å². The summed E-state index contributed by atoms with van der Waals surface area (Å²) >= 11 is 0. The second kappa shape index (κ2) is 6.20. The zero-order chi connectivity index (χ0) is 18.5. The number of anilines is 1. The number of likely N-dealkylation sites (tertiary alicyclic amines) is 1. The number of rotatable bonds is 2. The number of amides is 1. The number of para-hydroxylation sites is 3. The minimum atomic E-state index is -0.0622. The Kier molecular flexibility index (Phi) is 3.79. The third kappa shape index (κ3) is 2.57. The molecule has 0 unspecified atom stereocenters. The minimum absolute atomic E-state index is 0.0622. The molecular formula is C22H24N4O. The van der Waals surface area contributed by atoms with Gasteiger partial charge in [-0.05, 0) is 64.0 Å². The number of piperidine rings is 1. The first-order valence-electron chi connectivity index (χ1n) is 9.79. The molecule has 0 aliphatic carbocycles. The molecule has 5 heteroatoms. The highest BCUT2D eigenvalue weighted by Gasteiger charge is 2.30. The number of carbonyl (C=O) groups is 1. The molecule has 3 heterocycles. The Morgan fingerprint density at radius 3 is 2.63 bits per heavy atom. The maximum Gasteiger partial charge on any atom is 0.257 e. The number of hydrogen-bond acceptors (Lipinski definition) is 3. The van der Waals surface area contributed by atoms with Crippen LogP contribution < -0.4 is 5.32 Å². The number of nitrogens with one attached hydrogen (secondary N) is 1. The lowest BCUT2D eigenvalue weighted by Crippen LogP contribution is -2.38. The van der Waals surface area contributed by atoms with E-state index in [4.69, 9.17) is 4.98 Å². The molecule has 138 valence electrons. The van der Waals surface area contributed by atoms with Crippen LogP contribution in [0.15, 0.2) is 42.5 Å². The first kappa shape index (κ1) is 16.5. The summed E-state index contributed by atoms with van der Waals surface area (Å²) in [7, 11) is 0. The number of nitrogens with zero attached hydrogens (tertiary/aromatic N) is 3. The highest BCUT2D eigenvalue weighted by atomic mass is 16.1. The van der Waals surface area contributed by atoms with Gasteiger partial charge in [-0.1, -0.05) is 18.2 Å². The molecule has 1 saturated heterocycles. The summed E-state index contributed by atoms with van der Waals surface area (Å²) < 4.78 is 2.23. The van der Waals surface area contributed by atoms with E-state index in [2.05, 4.69) is 34.7 Å². The fraction of sp³-hybridized carbons (Fsp3) is 0.364. The van der Waals surface area contributed by atoms with Gasteiger partial charge < -0.3 is 10.2 Å². The number of hydrogen-bond donors (Lipinski definition) is 1. The van der Waals surface area contributed by atoms with Crippen LogP contribution in [0.3, 0.4) is 0 Å². The Labute approximate surface area is 159 Å². The minimum Gasteiger partial charge on any atom is -0.320 e. The molecular weight excluding hydrogens is 336 g/mol.